The maximum Gasteiger partial charge on any atom is 0.0661 e. The van der Waals surface area contributed by atoms with Gasteiger partial charge < -0.3 is 10.8 Å². The summed E-state index contributed by atoms with van der Waals surface area (Å²) in [5.41, 5.74) is 9.37. The summed E-state index contributed by atoms with van der Waals surface area (Å²) in [4.78, 5) is 0. The molecule has 1 aromatic rings. The lowest BCUT2D eigenvalue weighted by atomic mass is 9.46. The Labute approximate surface area is 115 Å². The van der Waals surface area contributed by atoms with Gasteiger partial charge in [-0.05, 0) is 79.9 Å². The van der Waals surface area contributed by atoms with E-state index in [1.165, 1.54) is 24.8 Å². The molecular formula is C17H23NO. The van der Waals surface area contributed by atoms with Crippen molar-refractivity contribution < 1.29 is 5.11 Å². The molecule has 0 spiro atoms. The highest BCUT2D eigenvalue weighted by molar-refractivity contribution is 5.50. The van der Waals surface area contributed by atoms with E-state index in [2.05, 4.69) is 25.1 Å². The van der Waals surface area contributed by atoms with Crippen molar-refractivity contribution in [1.82, 2.24) is 0 Å². The van der Waals surface area contributed by atoms with Crippen LogP contribution in [0, 0.1) is 18.8 Å². The number of nitrogens with two attached hydrogens (primary N) is 1. The Kier molecular flexibility index (Phi) is 2.20. The second-order valence-electron chi connectivity index (χ2n) is 7.54. The highest BCUT2D eigenvalue weighted by atomic mass is 16.3. The molecule has 2 heteroatoms. The van der Waals surface area contributed by atoms with Crippen LogP contribution < -0.4 is 5.73 Å². The van der Waals surface area contributed by atoms with Crippen molar-refractivity contribution in [3.05, 3.63) is 29.3 Å². The van der Waals surface area contributed by atoms with Crippen LogP contribution in [0.3, 0.4) is 0 Å². The second kappa shape index (κ2) is 3.54. The maximum atomic E-state index is 10.8. The smallest absolute Gasteiger partial charge is 0.0661 e. The third-order valence-corrected chi connectivity index (χ3v) is 5.92. The van der Waals surface area contributed by atoms with Gasteiger partial charge in [0.2, 0.25) is 0 Å². The normalized spacial score (nSPS) is 43.7. The number of aryl methyl sites for hydroxylation is 1. The van der Waals surface area contributed by atoms with Gasteiger partial charge in [0.1, 0.15) is 0 Å². The first-order valence-corrected chi connectivity index (χ1v) is 7.57. The van der Waals surface area contributed by atoms with Gasteiger partial charge in [-0.3, -0.25) is 0 Å². The Morgan fingerprint density at radius 1 is 1.16 bits per heavy atom. The van der Waals surface area contributed by atoms with Crippen LogP contribution in [-0.2, 0) is 5.41 Å². The lowest BCUT2D eigenvalue weighted by molar-refractivity contribution is -0.136. The molecule has 102 valence electrons. The highest BCUT2D eigenvalue weighted by Crippen LogP contribution is 2.62. The topological polar surface area (TPSA) is 46.2 Å². The van der Waals surface area contributed by atoms with E-state index in [1.807, 2.05) is 0 Å². The van der Waals surface area contributed by atoms with E-state index >= 15 is 0 Å². The summed E-state index contributed by atoms with van der Waals surface area (Å²) in [6.07, 6.45) is 6.88. The third-order valence-electron chi connectivity index (χ3n) is 5.92. The Bertz CT molecular complexity index is 522. The van der Waals surface area contributed by atoms with E-state index < -0.39 is 0 Å². The van der Waals surface area contributed by atoms with Gasteiger partial charge in [0.25, 0.3) is 0 Å². The van der Waals surface area contributed by atoms with Gasteiger partial charge >= 0.3 is 0 Å². The lowest BCUT2D eigenvalue weighted by Crippen LogP contribution is -2.57. The maximum absolute atomic E-state index is 10.8. The molecule has 2 nitrogen and oxygen atoms in total. The summed E-state index contributed by atoms with van der Waals surface area (Å²) in [5.74, 6) is 1.46. The zero-order chi connectivity index (χ0) is 13.3. The van der Waals surface area contributed by atoms with Crippen molar-refractivity contribution in [2.45, 2.75) is 56.5 Å². The van der Waals surface area contributed by atoms with E-state index in [-0.39, 0.29) is 11.0 Å². The average Bonchev–Trinajstić information content (AvgIpc) is 2.29. The van der Waals surface area contributed by atoms with Crippen LogP contribution in [0.25, 0.3) is 0 Å². The minimum absolute atomic E-state index is 0.209. The zero-order valence-electron chi connectivity index (χ0n) is 11.7. The molecule has 0 amide bonds. The summed E-state index contributed by atoms with van der Waals surface area (Å²) in [7, 11) is 0. The third kappa shape index (κ3) is 1.66. The molecule has 1 aromatic carbocycles. The van der Waals surface area contributed by atoms with Gasteiger partial charge in [-0.2, -0.15) is 0 Å². The Morgan fingerprint density at radius 2 is 1.84 bits per heavy atom. The number of hydrogen-bond donors (Lipinski definition) is 2. The summed E-state index contributed by atoms with van der Waals surface area (Å²) < 4.78 is 0. The second-order valence-corrected chi connectivity index (χ2v) is 7.54. The Hall–Kier alpha value is -1.02. The molecule has 0 heterocycles. The minimum Gasteiger partial charge on any atom is -0.399 e. The molecule has 3 N–H and O–H groups in total. The molecule has 4 aliphatic carbocycles. The first-order valence-electron chi connectivity index (χ1n) is 7.57. The molecule has 5 rings (SSSR count). The Morgan fingerprint density at radius 3 is 2.42 bits per heavy atom. The molecule has 0 aliphatic heterocycles. The van der Waals surface area contributed by atoms with Crippen molar-refractivity contribution in [3.63, 3.8) is 0 Å². The van der Waals surface area contributed by atoms with Crippen LogP contribution >= 0.6 is 0 Å². The van der Waals surface area contributed by atoms with E-state index in [0.29, 0.717) is 0 Å². The van der Waals surface area contributed by atoms with Gasteiger partial charge in [-0.1, -0.05) is 12.1 Å². The summed E-state index contributed by atoms with van der Waals surface area (Å²) in [6, 6.07) is 6.57. The van der Waals surface area contributed by atoms with Crippen LogP contribution in [0.4, 0.5) is 5.69 Å². The minimum atomic E-state index is -0.385. The molecule has 0 aromatic heterocycles. The summed E-state index contributed by atoms with van der Waals surface area (Å²) >= 11 is 0. The first-order chi connectivity index (χ1) is 8.98. The number of anilines is 1. The fourth-order valence-corrected chi connectivity index (χ4v) is 5.52. The van der Waals surface area contributed by atoms with Gasteiger partial charge in [-0.15, -0.1) is 0 Å². The van der Waals surface area contributed by atoms with Crippen molar-refractivity contribution in [1.29, 1.82) is 0 Å². The number of aliphatic hydroxyl groups is 1. The van der Waals surface area contributed by atoms with Gasteiger partial charge in [0.05, 0.1) is 5.60 Å². The van der Waals surface area contributed by atoms with Gasteiger partial charge in [0, 0.05) is 5.69 Å². The summed E-state index contributed by atoms with van der Waals surface area (Å²) in [5, 5.41) is 10.8. The van der Waals surface area contributed by atoms with Crippen molar-refractivity contribution in [2.75, 3.05) is 5.73 Å². The molecule has 4 aliphatic rings. The predicted molar refractivity (Wildman–Crippen MR) is 76.9 cm³/mol. The van der Waals surface area contributed by atoms with Crippen LogP contribution in [0.2, 0.25) is 0 Å². The van der Waals surface area contributed by atoms with Crippen molar-refractivity contribution in [2.24, 2.45) is 11.8 Å². The molecule has 19 heavy (non-hydrogen) atoms. The van der Waals surface area contributed by atoms with E-state index in [1.54, 1.807) is 0 Å². The molecule has 4 fully saturated rings. The van der Waals surface area contributed by atoms with Crippen LogP contribution in [0.15, 0.2) is 18.2 Å². The van der Waals surface area contributed by atoms with Crippen LogP contribution in [0.5, 0.6) is 0 Å². The average molecular weight is 257 g/mol. The molecule has 2 unspecified atom stereocenters. The quantitative estimate of drug-likeness (QED) is 0.759. The molecule has 4 saturated carbocycles. The van der Waals surface area contributed by atoms with Crippen LogP contribution in [-0.4, -0.2) is 10.7 Å². The largest absolute Gasteiger partial charge is 0.399 e. The number of hydrogen-bond acceptors (Lipinski definition) is 2. The first kappa shape index (κ1) is 11.8. The van der Waals surface area contributed by atoms with Gasteiger partial charge in [0.15, 0.2) is 0 Å². The predicted octanol–water partition coefficient (Wildman–Crippen LogP) is 3.16. The fraction of sp³-hybridized carbons (Fsp3) is 0.647. The fourth-order valence-electron chi connectivity index (χ4n) is 5.52. The van der Waals surface area contributed by atoms with E-state index in [9.17, 15) is 5.11 Å². The SMILES string of the molecule is Cc1ccc(C23CC4CC(CC(O)(C4)C2)C3)cc1N. The monoisotopic (exact) mass is 257 g/mol. The van der Waals surface area contributed by atoms with Crippen LogP contribution in [0.1, 0.15) is 49.7 Å². The summed E-state index contributed by atoms with van der Waals surface area (Å²) in [6.45, 7) is 2.06. The molecule has 4 bridgehead atoms. The van der Waals surface area contributed by atoms with Gasteiger partial charge in [-0.25, -0.2) is 0 Å². The van der Waals surface area contributed by atoms with Crippen molar-refractivity contribution in [3.8, 4) is 0 Å². The molecule has 2 atom stereocenters. The van der Waals surface area contributed by atoms with Crippen molar-refractivity contribution >= 4 is 5.69 Å². The Balaban J connectivity index is 1.79. The number of benzene rings is 1. The number of rotatable bonds is 1. The van der Waals surface area contributed by atoms with E-state index in [4.69, 9.17) is 5.73 Å². The number of nitrogen functional groups attached to an aromatic ring is 1. The molecule has 0 radical (unpaired) electrons. The zero-order valence-corrected chi connectivity index (χ0v) is 11.7. The molecule has 0 saturated heterocycles. The van der Waals surface area contributed by atoms with E-state index in [0.717, 1.165) is 42.3 Å². The lowest BCUT2D eigenvalue weighted by Gasteiger charge is -2.60. The molecular weight excluding hydrogens is 234 g/mol. The highest BCUT2D eigenvalue weighted by Gasteiger charge is 2.57. The standard InChI is InChI=1S/C17H23NO/c1-11-2-3-14(5-15(11)18)16-6-12-4-13(7-16)9-17(19,8-12)10-16/h2-3,5,12-13,19H,4,6-10,18H2,1H3.